The van der Waals surface area contributed by atoms with E-state index in [1.807, 2.05) is 60.0 Å². The average molecular weight is 482 g/mol. The molecule has 0 aliphatic carbocycles. The first-order valence-corrected chi connectivity index (χ1v) is 11.6. The fourth-order valence-electron chi connectivity index (χ4n) is 3.82. The molecule has 172 valence electrons. The van der Waals surface area contributed by atoms with Crippen LogP contribution in [-0.2, 0) is 0 Å². The van der Waals surface area contributed by atoms with Crippen molar-refractivity contribution in [2.75, 3.05) is 12.0 Å². The summed E-state index contributed by atoms with van der Waals surface area (Å²) >= 11 is 1.31. The van der Waals surface area contributed by atoms with Gasteiger partial charge in [0.15, 0.2) is 5.13 Å². The second kappa shape index (κ2) is 9.36. The molecule has 7 nitrogen and oxygen atoms in total. The Balaban J connectivity index is 1.59. The summed E-state index contributed by atoms with van der Waals surface area (Å²) in [5, 5.41) is 15.3. The summed E-state index contributed by atoms with van der Waals surface area (Å²) in [5.74, 6) is 0.290. The largest absolute Gasteiger partial charge is 0.495 e. The molecule has 5 rings (SSSR count). The van der Waals surface area contributed by atoms with E-state index in [9.17, 15) is 14.9 Å². The molecule has 0 atom stereocenters. The number of amides is 1. The molecule has 0 saturated heterocycles. The fraction of sp³-hybridized carbons (Fsp3) is 0.0370. The van der Waals surface area contributed by atoms with E-state index < -0.39 is 4.92 Å². The van der Waals surface area contributed by atoms with Crippen LogP contribution in [0.25, 0.3) is 22.0 Å². The number of methoxy groups -OCH3 is 1. The van der Waals surface area contributed by atoms with E-state index in [0.29, 0.717) is 27.8 Å². The van der Waals surface area contributed by atoms with Gasteiger partial charge in [-0.2, -0.15) is 0 Å². The van der Waals surface area contributed by atoms with Gasteiger partial charge >= 0.3 is 0 Å². The molecular formula is C27H19N3O4S. The minimum atomic E-state index is -0.443. The van der Waals surface area contributed by atoms with Crippen molar-refractivity contribution < 1.29 is 14.5 Å². The third-order valence-corrected chi connectivity index (χ3v) is 6.41. The van der Waals surface area contributed by atoms with Crippen molar-refractivity contribution in [3.8, 4) is 17.0 Å². The minimum absolute atomic E-state index is 0.00586. The van der Waals surface area contributed by atoms with Crippen molar-refractivity contribution in [1.82, 2.24) is 4.98 Å². The second-order valence-electron chi connectivity index (χ2n) is 7.69. The predicted molar refractivity (Wildman–Crippen MR) is 138 cm³/mol. The maximum Gasteiger partial charge on any atom is 0.269 e. The first-order chi connectivity index (χ1) is 17.0. The fourth-order valence-corrected chi connectivity index (χ4v) is 4.66. The van der Waals surface area contributed by atoms with Gasteiger partial charge in [0.05, 0.1) is 23.4 Å². The van der Waals surface area contributed by atoms with Crippen LogP contribution < -0.4 is 9.64 Å². The number of rotatable bonds is 6. The molecule has 0 radical (unpaired) electrons. The van der Waals surface area contributed by atoms with Crippen LogP contribution in [0.4, 0.5) is 16.5 Å². The van der Waals surface area contributed by atoms with Gasteiger partial charge in [-0.1, -0.05) is 42.5 Å². The summed E-state index contributed by atoms with van der Waals surface area (Å²) in [6.07, 6.45) is 0. The number of non-ortho nitro benzene ring substituents is 1. The summed E-state index contributed by atoms with van der Waals surface area (Å²) in [5.41, 5.74) is 2.42. The molecule has 0 aliphatic heterocycles. The molecule has 0 unspecified atom stereocenters. The molecule has 0 fully saturated rings. The number of aromatic nitrogens is 1. The highest BCUT2D eigenvalue weighted by molar-refractivity contribution is 7.14. The van der Waals surface area contributed by atoms with Crippen LogP contribution in [0.2, 0.25) is 0 Å². The van der Waals surface area contributed by atoms with Crippen molar-refractivity contribution in [2.45, 2.75) is 0 Å². The van der Waals surface area contributed by atoms with E-state index in [0.717, 1.165) is 16.3 Å². The van der Waals surface area contributed by atoms with Crippen molar-refractivity contribution >= 4 is 44.5 Å². The van der Waals surface area contributed by atoms with E-state index in [-0.39, 0.29) is 11.6 Å². The molecule has 1 amide bonds. The lowest BCUT2D eigenvalue weighted by Crippen LogP contribution is -2.26. The van der Waals surface area contributed by atoms with Crippen molar-refractivity contribution in [2.24, 2.45) is 0 Å². The molecule has 1 aromatic heterocycles. The molecule has 0 saturated carbocycles. The molecule has 0 N–H and O–H groups in total. The molecule has 4 aromatic carbocycles. The number of para-hydroxylation sites is 2. The highest BCUT2D eigenvalue weighted by Gasteiger charge is 2.26. The normalized spacial score (nSPS) is 10.8. The molecular weight excluding hydrogens is 462 g/mol. The maximum absolute atomic E-state index is 13.9. The lowest BCUT2D eigenvalue weighted by Gasteiger charge is -2.22. The maximum atomic E-state index is 13.9. The van der Waals surface area contributed by atoms with Gasteiger partial charge in [-0.25, -0.2) is 9.88 Å². The number of fused-ring (bicyclic) bond motifs is 1. The Morgan fingerprint density at radius 3 is 2.40 bits per heavy atom. The number of nitro benzene ring substituents is 1. The van der Waals surface area contributed by atoms with Gasteiger partial charge in [0.2, 0.25) is 0 Å². The minimum Gasteiger partial charge on any atom is -0.495 e. The summed E-state index contributed by atoms with van der Waals surface area (Å²) in [6.45, 7) is 0. The highest BCUT2D eigenvalue weighted by Crippen LogP contribution is 2.38. The summed E-state index contributed by atoms with van der Waals surface area (Å²) in [4.78, 5) is 30.7. The lowest BCUT2D eigenvalue weighted by atomic mass is 10.1. The third kappa shape index (κ3) is 4.34. The number of nitrogens with zero attached hydrogens (tertiary/aromatic N) is 3. The van der Waals surface area contributed by atoms with Gasteiger partial charge in [0.25, 0.3) is 11.6 Å². The summed E-state index contributed by atoms with van der Waals surface area (Å²) in [7, 11) is 1.56. The van der Waals surface area contributed by atoms with Gasteiger partial charge < -0.3 is 4.74 Å². The van der Waals surface area contributed by atoms with Crippen molar-refractivity contribution in [1.29, 1.82) is 0 Å². The summed E-state index contributed by atoms with van der Waals surface area (Å²) in [6, 6.07) is 26.9. The average Bonchev–Trinajstić information content (AvgIpc) is 3.38. The van der Waals surface area contributed by atoms with Gasteiger partial charge in [0, 0.05) is 28.6 Å². The van der Waals surface area contributed by atoms with Crippen molar-refractivity contribution in [3.05, 3.63) is 112 Å². The predicted octanol–water partition coefficient (Wildman–Crippen LogP) is 6.86. The monoisotopic (exact) mass is 481 g/mol. The number of hydrogen-bond donors (Lipinski definition) is 0. The molecule has 35 heavy (non-hydrogen) atoms. The Kier molecular flexibility index (Phi) is 5.95. The number of nitro groups is 1. The number of anilines is 2. The smallest absolute Gasteiger partial charge is 0.269 e. The van der Waals surface area contributed by atoms with Gasteiger partial charge in [0.1, 0.15) is 5.75 Å². The van der Waals surface area contributed by atoms with Crippen LogP contribution >= 0.6 is 11.3 Å². The molecule has 0 aliphatic rings. The number of ether oxygens (including phenoxy) is 1. The first-order valence-electron chi connectivity index (χ1n) is 10.7. The lowest BCUT2D eigenvalue weighted by molar-refractivity contribution is -0.384. The zero-order chi connectivity index (χ0) is 24.4. The van der Waals surface area contributed by atoms with E-state index in [2.05, 4.69) is 0 Å². The Hall–Kier alpha value is -4.56. The molecule has 0 spiro atoms. The standard InChI is InChI=1S/C27H19N3O4S/c1-34-25-9-5-4-8-24(25)29(26(31)21-11-10-18-6-2-3-7-20(18)16-21)27-28-23(17-35-27)19-12-14-22(15-13-19)30(32)33/h2-17H,1H3. The first kappa shape index (κ1) is 22.2. The van der Waals surface area contributed by atoms with Gasteiger partial charge in [-0.15, -0.1) is 11.3 Å². The number of thiazole rings is 1. The van der Waals surface area contributed by atoms with Crippen molar-refractivity contribution in [3.63, 3.8) is 0 Å². The SMILES string of the molecule is COc1ccccc1N(C(=O)c1ccc2ccccc2c1)c1nc(-c2ccc([N+](=O)[O-])cc2)cs1. The second-order valence-corrected chi connectivity index (χ2v) is 8.53. The van der Waals surface area contributed by atoms with E-state index in [1.165, 1.54) is 23.5 Å². The highest BCUT2D eigenvalue weighted by atomic mass is 32.1. The van der Waals surface area contributed by atoms with Crippen LogP contribution in [0.1, 0.15) is 10.4 Å². The Bertz CT molecular complexity index is 1550. The molecule has 5 aromatic rings. The quantitative estimate of drug-likeness (QED) is 0.195. The molecule has 0 bridgehead atoms. The zero-order valence-electron chi connectivity index (χ0n) is 18.6. The van der Waals surface area contributed by atoms with Crippen LogP contribution in [-0.4, -0.2) is 22.9 Å². The van der Waals surface area contributed by atoms with E-state index >= 15 is 0 Å². The van der Waals surface area contributed by atoms with Crippen LogP contribution in [0.5, 0.6) is 5.75 Å². The Labute approximate surface area is 205 Å². The topological polar surface area (TPSA) is 85.6 Å². The molecule has 8 heteroatoms. The van der Waals surface area contributed by atoms with Crippen LogP contribution in [0.3, 0.4) is 0 Å². The number of carbonyl (C=O) groups is 1. The van der Waals surface area contributed by atoms with Crippen LogP contribution in [0.15, 0.2) is 96.4 Å². The Morgan fingerprint density at radius 2 is 1.66 bits per heavy atom. The third-order valence-electron chi connectivity index (χ3n) is 5.58. The number of hydrogen-bond acceptors (Lipinski definition) is 6. The van der Waals surface area contributed by atoms with E-state index in [4.69, 9.17) is 9.72 Å². The van der Waals surface area contributed by atoms with E-state index in [1.54, 1.807) is 36.3 Å². The number of carbonyl (C=O) groups excluding carboxylic acids is 1. The Morgan fingerprint density at radius 1 is 0.943 bits per heavy atom. The molecule has 1 heterocycles. The van der Waals surface area contributed by atoms with Crippen LogP contribution in [0, 0.1) is 10.1 Å². The number of benzene rings is 4. The zero-order valence-corrected chi connectivity index (χ0v) is 19.4. The van der Waals surface area contributed by atoms with Gasteiger partial charge in [-0.3, -0.25) is 14.9 Å². The van der Waals surface area contributed by atoms with Gasteiger partial charge in [-0.05, 0) is 47.2 Å². The summed E-state index contributed by atoms with van der Waals surface area (Å²) < 4.78 is 5.55.